The number of unbranched alkanes of at least 4 members (excludes halogenated alkanes) is 3. The zero-order valence-electron chi connectivity index (χ0n) is 14.8. The minimum absolute atomic E-state index is 0.0289. The molecule has 2 aromatic rings. The van der Waals surface area contributed by atoms with Crippen molar-refractivity contribution in [2.45, 2.75) is 56.1 Å². The summed E-state index contributed by atoms with van der Waals surface area (Å²) in [6.07, 6.45) is 6.09. The van der Waals surface area contributed by atoms with Crippen molar-refractivity contribution in [1.82, 2.24) is 0 Å². The second kappa shape index (κ2) is 7.91. The van der Waals surface area contributed by atoms with Gasteiger partial charge in [-0.15, -0.1) is 6.58 Å². The topological polar surface area (TPSA) is 74.6 Å². The van der Waals surface area contributed by atoms with Crippen LogP contribution in [0, 0.1) is 6.92 Å². The average molecular weight is 362 g/mol. The molecule has 0 aromatic heterocycles. The van der Waals surface area contributed by atoms with Crippen LogP contribution < -0.4 is 0 Å². The Hall–Kier alpha value is -2.01. The van der Waals surface area contributed by atoms with Gasteiger partial charge in [-0.2, -0.15) is 0 Å². The molecule has 2 rings (SSSR count). The molecule has 0 radical (unpaired) electrons. The molecule has 0 aliphatic rings. The number of phenolic OH excluding ortho intramolecular Hbond substituents is 2. The average Bonchev–Trinajstić information content (AvgIpc) is 2.59. The van der Waals surface area contributed by atoms with Crippen LogP contribution in [-0.2, 0) is 9.84 Å². The molecule has 2 N–H and O–H groups in total. The summed E-state index contributed by atoms with van der Waals surface area (Å²) >= 11 is 0. The van der Waals surface area contributed by atoms with Gasteiger partial charge in [-0.05, 0) is 43.0 Å². The van der Waals surface area contributed by atoms with Crippen LogP contribution in [0.2, 0.25) is 0 Å². The minimum atomic E-state index is -3.55. The van der Waals surface area contributed by atoms with E-state index in [4.69, 9.17) is 0 Å². The van der Waals surface area contributed by atoms with Crippen molar-refractivity contribution in [1.29, 1.82) is 0 Å². The Morgan fingerprint density at radius 1 is 1.16 bits per heavy atom. The highest BCUT2D eigenvalue weighted by Gasteiger charge is 2.25. The van der Waals surface area contributed by atoms with E-state index in [1.54, 1.807) is 13.0 Å². The molecule has 0 spiro atoms. The SMILES string of the molecule is C=CC(CCCCCC)S(=O)(=O)c1ccc2c(O)c(C)c(O)cc2c1. The summed E-state index contributed by atoms with van der Waals surface area (Å²) in [5.41, 5.74) is 0.378. The van der Waals surface area contributed by atoms with Gasteiger partial charge >= 0.3 is 0 Å². The molecule has 25 heavy (non-hydrogen) atoms. The highest BCUT2D eigenvalue weighted by molar-refractivity contribution is 7.92. The Kier molecular flexibility index (Phi) is 6.11. The molecule has 0 saturated heterocycles. The summed E-state index contributed by atoms with van der Waals surface area (Å²) in [4.78, 5) is 0.183. The molecule has 0 amide bonds. The Bertz CT molecular complexity index is 869. The third-order valence-corrected chi connectivity index (χ3v) is 6.78. The molecule has 0 heterocycles. The quantitative estimate of drug-likeness (QED) is 0.519. The fraction of sp³-hybridized carbons (Fsp3) is 0.400. The molecular weight excluding hydrogens is 336 g/mol. The van der Waals surface area contributed by atoms with Crippen molar-refractivity contribution in [3.05, 3.63) is 42.5 Å². The molecular formula is C20H26O4S. The fourth-order valence-electron chi connectivity index (χ4n) is 2.98. The van der Waals surface area contributed by atoms with Crippen LogP contribution in [0.5, 0.6) is 11.5 Å². The van der Waals surface area contributed by atoms with Crippen molar-refractivity contribution < 1.29 is 18.6 Å². The van der Waals surface area contributed by atoms with Crippen molar-refractivity contribution in [3.63, 3.8) is 0 Å². The number of sulfone groups is 1. The molecule has 136 valence electrons. The summed E-state index contributed by atoms with van der Waals surface area (Å²) in [6.45, 7) is 7.42. The molecule has 1 unspecified atom stereocenters. The Labute approximate surface area is 149 Å². The van der Waals surface area contributed by atoms with E-state index in [1.165, 1.54) is 24.3 Å². The lowest BCUT2D eigenvalue weighted by Gasteiger charge is -2.15. The van der Waals surface area contributed by atoms with Crippen LogP contribution in [0.3, 0.4) is 0 Å². The Morgan fingerprint density at radius 2 is 1.88 bits per heavy atom. The predicted octanol–water partition coefficient (Wildman–Crippen LogP) is 4.86. The lowest BCUT2D eigenvalue weighted by molar-refractivity contribution is 0.448. The van der Waals surface area contributed by atoms with Crippen molar-refractivity contribution in [3.8, 4) is 11.5 Å². The lowest BCUT2D eigenvalue weighted by Crippen LogP contribution is -2.19. The summed E-state index contributed by atoms with van der Waals surface area (Å²) in [5, 5.41) is 20.4. The van der Waals surface area contributed by atoms with E-state index >= 15 is 0 Å². The molecule has 5 heteroatoms. The van der Waals surface area contributed by atoms with Crippen molar-refractivity contribution in [2.24, 2.45) is 0 Å². The summed E-state index contributed by atoms with van der Waals surface area (Å²) < 4.78 is 25.8. The molecule has 2 aromatic carbocycles. The maximum Gasteiger partial charge on any atom is 0.184 e. The van der Waals surface area contributed by atoms with E-state index < -0.39 is 15.1 Å². The summed E-state index contributed by atoms with van der Waals surface area (Å²) in [7, 11) is -3.55. The van der Waals surface area contributed by atoms with E-state index in [9.17, 15) is 18.6 Å². The van der Waals surface area contributed by atoms with Crippen LogP contribution in [-0.4, -0.2) is 23.9 Å². The van der Waals surface area contributed by atoms with Gasteiger partial charge < -0.3 is 10.2 Å². The second-order valence-electron chi connectivity index (χ2n) is 6.42. The lowest BCUT2D eigenvalue weighted by atomic mass is 10.1. The van der Waals surface area contributed by atoms with Crippen LogP contribution in [0.4, 0.5) is 0 Å². The van der Waals surface area contributed by atoms with E-state index in [-0.39, 0.29) is 16.4 Å². The molecule has 1 atom stereocenters. The van der Waals surface area contributed by atoms with Gasteiger partial charge in [0.2, 0.25) is 0 Å². The first-order valence-electron chi connectivity index (χ1n) is 8.64. The van der Waals surface area contributed by atoms with Gasteiger partial charge in [0.05, 0.1) is 10.1 Å². The summed E-state index contributed by atoms with van der Waals surface area (Å²) in [6, 6.07) is 6.08. The number of fused-ring (bicyclic) bond motifs is 1. The maximum absolute atomic E-state index is 12.9. The van der Waals surface area contributed by atoms with Crippen LogP contribution >= 0.6 is 0 Å². The maximum atomic E-state index is 12.9. The number of rotatable bonds is 8. The number of benzene rings is 2. The van der Waals surface area contributed by atoms with Crippen LogP contribution in [0.15, 0.2) is 41.8 Å². The zero-order chi connectivity index (χ0) is 18.6. The van der Waals surface area contributed by atoms with Gasteiger partial charge in [0.1, 0.15) is 11.5 Å². The first-order valence-corrected chi connectivity index (χ1v) is 10.2. The second-order valence-corrected chi connectivity index (χ2v) is 8.59. The van der Waals surface area contributed by atoms with Gasteiger partial charge in [-0.3, -0.25) is 0 Å². The molecule has 0 bridgehead atoms. The van der Waals surface area contributed by atoms with Gasteiger partial charge in [0, 0.05) is 10.9 Å². The van der Waals surface area contributed by atoms with Gasteiger partial charge in [-0.25, -0.2) is 8.42 Å². The highest BCUT2D eigenvalue weighted by Crippen LogP contribution is 2.36. The molecule has 0 aliphatic heterocycles. The molecule has 0 fully saturated rings. The number of aromatic hydroxyl groups is 2. The first-order chi connectivity index (χ1) is 11.8. The normalized spacial score (nSPS) is 13.0. The minimum Gasteiger partial charge on any atom is -0.508 e. The standard InChI is InChI=1S/C20H26O4S/c1-4-6-7-8-9-16(5-2)25(23,24)17-10-11-18-15(12-17)13-19(21)14(3)20(18)22/h5,10-13,16,21-22H,2,4,6-9H2,1,3H3. The van der Waals surface area contributed by atoms with Crippen molar-refractivity contribution >= 4 is 20.6 Å². The van der Waals surface area contributed by atoms with E-state index in [0.717, 1.165) is 25.7 Å². The predicted molar refractivity (Wildman–Crippen MR) is 102 cm³/mol. The molecule has 4 nitrogen and oxygen atoms in total. The van der Waals surface area contributed by atoms with E-state index in [1.807, 2.05) is 0 Å². The monoisotopic (exact) mass is 362 g/mol. The highest BCUT2D eigenvalue weighted by atomic mass is 32.2. The van der Waals surface area contributed by atoms with Crippen LogP contribution in [0.25, 0.3) is 10.8 Å². The zero-order valence-corrected chi connectivity index (χ0v) is 15.6. The largest absolute Gasteiger partial charge is 0.508 e. The van der Waals surface area contributed by atoms with E-state index in [0.29, 0.717) is 22.8 Å². The van der Waals surface area contributed by atoms with Crippen LogP contribution in [0.1, 0.15) is 44.6 Å². The molecule has 0 saturated carbocycles. The number of hydrogen-bond acceptors (Lipinski definition) is 4. The Morgan fingerprint density at radius 3 is 2.52 bits per heavy atom. The smallest absolute Gasteiger partial charge is 0.184 e. The Balaban J connectivity index is 2.38. The van der Waals surface area contributed by atoms with Gasteiger partial charge in [0.15, 0.2) is 9.84 Å². The first kappa shape index (κ1) is 19.3. The van der Waals surface area contributed by atoms with Gasteiger partial charge in [-0.1, -0.05) is 38.7 Å². The third-order valence-electron chi connectivity index (χ3n) is 4.64. The number of hydrogen-bond donors (Lipinski definition) is 2. The molecule has 0 aliphatic carbocycles. The van der Waals surface area contributed by atoms with Crippen molar-refractivity contribution in [2.75, 3.05) is 0 Å². The third kappa shape index (κ3) is 3.98. The van der Waals surface area contributed by atoms with E-state index in [2.05, 4.69) is 13.5 Å². The number of phenols is 2. The fourth-order valence-corrected chi connectivity index (χ4v) is 4.61. The summed E-state index contributed by atoms with van der Waals surface area (Å²) in [5.74, 6) is -0.0850. The van der Waals surface area contributed by atoms with Gasteiger partial charge in [0.25, 0.3) is 0 Å².